The number of quaternary nitrogens is 1. The normalized spacial score (nSPS) is 23.9. The molecule has 76 valence electrons. The fourth-order valence-corrected chi connectivity index (χ4v) is 1.95. The highest BCUT2D eigenvalue weighted by molar-refractivity contribution is 5.77. The highest BCUT2D eigenvalue weighted by Gasteiger charge is 2.25. The van der Waals surface area contributed by atoms with Gasteiger partial charge in [-0.25, -0.2) is 0 Å². The van der Waals surface area contributed by atoms with Crippen LogP contribution >= 0.6 is 0 Å². The first kappa shape index (κ1) is 9.97. The van der Waals surface area contributed by atoms with Crippen molar-refractivity contribution in [3.8, 4) is 12.3 Å². The predicted octanol–water partition coefficient (Wildman–Crippen LogP) is 2.54. The summed E-state index contributed by atoms with van der Waals surface area (Å²) >= 11 is 0. The van der Waals surface area contributed by atoms with Gasteiger partial charge in [-0.1, -0.05) is 12.1 Å². The van der Waals surface area contributed by atoms with Gasteiger partial charge in [-0.3, -0.25) is 0 Å². The molecule has 0 saturated heterocycles. The van der Waals surface area contributed by atoms with E-state index >= 15 is 0 Å². The van der Waals surface area contributed by atoms with Gasteiger partial charge in [0.15, 0.2) is 0 Å². The van der Waals surface area contributed by atoms with E-state index in [0.29, 0.717) is 6.54 Å². The number of terminal acetylenes is 1. The summed E-state index contributed by atoms with van der Waals surface area (Å²) < 4.78 is -0.427. The zero-order chi connectivity index (χ0) is 10.9. The van der Waals surface area contributed by atoms with E-state index in [2.05, 4.69) is 5.92 Å². The molecule has 0 aromatic heterocycles. The van der Waals surface area contributed by atoms with Crippen LogP contribution in [0.15, 0.2) is 30.3 Å². The zero-order valence-electron chi connectivity index (χ0n) is 8.73. The molecule has 0 aliphatic carbocycles. The predicted molar refractivity (Wildman–Crippen MR) is 63.8 cm³/mol. The van der Waals surface area contributed by atoms with E-state index in [-0.39, 0.29) is 6.54 Å². The molecular formula is C13H13NO. The third-order valence-electron chi connectivity index (χ3n) is 2.81. The Hall–Kier alpha value is -1.56. The third-order valence-corrected chi connectivity index (χ3v) is 2.81. The highest BCUT2D eigenvalue weighted by atomic mass is 16.5. The van der Waals surface area contributed by atoms with Crippen LogP contribution in [-0.2, 0) is 0 Å². The summed E-state index contributed by atoms with van der Waals surface area (Å²) in [6.07, 6.45) is 7.21. The fourth-order valence-electron chi connectivity index (χ4n) is 1.95. The molecule has 1 aliphatic rings. The van der Waals surface area contributed by atoms with Crippen LogP contribution in [0.1, 0.15) is 12.5 Å². The second-order valence-corrected chi connectivity index (χ2v) is 3.84. The van der Waals surface area contributed by atoms with Gasteiger partial charge < -0.3 is 9.85 Å². The number of allylic oxidation sites excluding steroid dienone is 1. The van der Waals surface area contributed by atoms with Crippen LogP contribution in [-0.4, -0.2) is 13.1 Å². The Kier molecular flexibility index (Phi) is 2.36. The number of hydroxylamine groups is 2. The third kappa shape index (κ3) is 1.56. The fraction of sp³-hybridized carbons (Fsp3) is 0.231. The van der Waals surface area contributed by atoms with Crippen LogP contribution in [0.5, 0.6) is 0 Å². The van der Waals surface area contributed by atoms with Crippen molar-refractivity contribution < 1.29 is 0 Å². The average Bonchev–Trinajstić information content (AvgIpc) is 2.25. The summed E-state index contributed by atoms with van der Waals surface area (Å²) in [5.74, 6) is 2.46. The second-order valence-electron chi connectivity index (χ2n) is 3.84. The van der Waals surface area contributed by atoms with Gasteiger partial charge in [0.05, 0.1) is 0 Å². The Bertz CT molecular complexity index is 456. The molecule has 1 atom stereocenters. The van der Waals surface area contributed by atoms with Crippen molar-refractivity contribution in [2.45, 2.75) is 6.92 Å². The molecule has 15 heavy (non-hydrogen) atoms. The van der Waals surface area contributed by atoms with E-state index < -0.39 is 4.65 Å². The topological polar surface area (TPSA) is 23.1 Å². The minimum atomic E-state index is -0.427. The van der Waals surface area contributed by atoms with Crippen LogP contribution in [0.3, 0.4) is 0 Å². The summed E-state index contributed by atoms with van der Waals surface area (Å²) in [6.45, 7) is 2.66. The van der Waals surface area contributed by atoms with Crippen molar-refractivity contribution in [3.05, 3.63) is 41.1 Å². The Morgan fingerprint density at radius 2 is 2.20 bits per heavy atom. The Morgan fingerprint density at radius 1 is 1.47 bits per heavy atom. The SMILES string of the molecule is C#CC[N+]1([O-])CC=C(C)c2ccccc21. The lowest BCUT2D eigenvalue weighted by Crippen LogP contribution is -2.45. The molecule has 1 aromatic rings. The standard InChI is InChI=1S/C13H13NO/c1-3-9-14(15)10-8-11(2)12-6-4-5-7-13(12)14/h1,4-8H,9-10H2,2H3. The maximum atomic E-state index is 12.4. The Balaban J connectivity index is 2.56. The molecule has 0 bridgehead atoms. The highest BCUT2D eigenvalue weighted by Crippen LogP contribution is 2.35. The molecule has 0 fully saturated rings. The Morgan fingerprint density at radius 3 is 2.93 bits per heavy atom. The van der Waals surface area contributed by atoms with Gasteiger partial charge in [0.2, 0.25) is 0 Å². The summed E-state index contributed by atoms with van der Waals surface area (Å²) in [6, 6.07) is 7.68. The lowest BCUT2D eigenvalue weighted by molar-refractivity contribution is 0.451. The maximum absolute atomic E-state index is 12.4. The maximum Gasteiger partial charge on any atom is 0.145 e. The average molecular weight is 199 g/mol. The molecule has 1 heterocycles. The van der Waals surface area contributed by atoms with Crippen molar-refractivity contribution >= 4 is 11.3 Å². The number of hydrogen-bond donors (Lipinski definition) is 0. The summed E-state index contributed by atoms with van der Waals surface area (Å²) in [5.41, 5.74) is 2.97. The molecule has 1 aliphatic heterocycles. The molecule has 1 unspecified atom stereocenters. The first-order valence-corrected chi connectivity index (χ1v) is 4.96. The van der Waals surface area contributed by atoms with E-state index in [1.54, 1.807) is 0 Å². The molecule has 2 heteroatoms. The molecule has 0 N–H and O–H groups in total. The van der Waals surface area contributed by atoms with E-state index in [9.17, 15) is 5.21 Å². The number of fused-ring (bicyclic) bond motifs is 1. The van der Waals surface area contributed by atoms with E-state index in [4.69, 9.17) is 6.42 Å². The van der Waals surface area contributed by atoms with Gasteiger partial charge in [-0.05, 0) is 30.6 Å². The van der Waals surface area contributed by atoms with Gasteiger partial charge >= 0.3 is 0 Å². The van der Waals surface area contributed by atoms with Crippen molar-refractivity contribution in [2.24, 2.45) is 0 Å². The van der Waals surface area contributed by atoms with E-state index in [1.165, 1.54) is 0 Å². The minimum absolute atomic E-state index is 0.195. The zero-order valence-corrected chi connectivity index (χ0v) is 8.73. The van der Waals surface area contributed by atoms with Gasteiger partial charge in [-0.2, -0.15) is 0 Å². The number of para-hydroxylation sites is 1. The first-order valence-electron chi connectivity index (χ1n) is 4.96. The lowest BCUT2D eigenvalue weighted by atomic mass is 10.00. The van der Waals surface area contributed by atoms with E-state index in [0.717, 1.165) is 16.8 Å². The van der Waals surface area contributed by atoms with Gasteiger partial charge in [0, 0.05) is 11.6 Å². The summed E-state index contributed by atoms with van der Waals surface area (Å²) in [5, 5.41) is 12.4. The number of hydrogen-bond acceptors (Lipinski definition) is 1. The van der Waals surface area contributed by atoms with Crippen LogP contribution in [0.25, 0.3) is 5.57 Å². The van der Waals surface area contributed by atoms with Crippen molar-refractivity contribution in [2.75, 3.05) is 13.1 Å². The molecule has 0 spiro atoms. The lowest BCUT2D eigenvalue weighted by Gasteiger charge is -2.43. The molecule has 0 radical (unpaired) electrons. The van der Waals surface area contributed by atoms with Gasteiger partial charge in [0.1, 0.15) is 18.8 Å². The largest absolute Gasteiger partial charge is 0.626 e. The molecule has 1 aromatic carbocycles. The number of benzene rings is 1. The van der Waals surface area contributed by atoms with Crippen LogP contribution in [0, 0.1) is 17.6 Å². The summed E-state index contributed by atoms with van der Waals surface area (Å²) in [4.78, 5) is 0. The van der Waals surface area contributed by atoms with E-state index in [1.807, 2.05) is 37.3 Å². The monoisotopic (exact) mass is 199 g/mol. The summed E-state index contributed by atoms with van der Waals surface area (Å²) in [7, 11) is 0. The van der Waals surface area contributed by atoms with Crippen LogP contribution in [0.2, 0.25) is 0 Å². The molecule has 2 nitrogen and oxygen atoms in total. The van der Waals surface area contributed by atoms with Crippen molar-refractivity contribution in [3.63, 3.8) is 0 Å². The van der Waals surface area contributed by atoms with Crippen LogP contribution < -0.4 is 4.65 Å². The smallest absolute Gasteiger partial charge is 0.145 e. The minimum Gasteiger partial charge on any atom is -0.626 e. The molecule has 0 amide bonds. The van der Waals surface area contributed by atoms with Crippen molar-refractivity contribution in [1.29, 1.82) is 0 Å². The number of rotatable bonds is 1. The quantitative estimate of drug-likeness (QED) is 0.387. The van der Waals surface area contributed by atoms with Crippen LogP contribution in [0.4, 0.5) is 5.69 Å². The molecule has 2 rings (SSSR count). The number of nitrogens with zero attached hydrogens (tertiary/aromatic N) is 1. The first-order chi connectivity index (χ1) is 7.17. The Labute approximate surface area is 90.0 Å². The second kappa shape index (κ2) is 3.54. The van der Waals surface area contributed by atoms with Gasteiger partial charge in [0.25, 0.3) is 0 Å². The van der Waals surface area contributed by atoms with Crippen molar-refractivity contribution in [1.82, 2.24) is 4.65 Å². The molecule has 0 saturated carbocycles. The van der Waals surface area contributed by atoms with Gasteiger partial charge in [-0.15, -0.1) is 6.42 Å². The molecular weight excluding hydrogens is 186 g/mol.